The number of nitrogens with two attached hydrogens (primary N) is 2. The molecule has 1 heterocycles. The molecule has 110 valence electrons. The Morgan fingerprint density at radius 2 is 2.10 bits per heavy atom. The van der Waals surface area contributed by atoms with E-state index >= 15 is 0 Å². The fourth-order valence-electron chi connectivity index (χ4n) is 1.48. The molecule has 0 fully saturated rings. The first-order chi connectivity index (χ1) is 9.38. The molecule has 1 rings (SSSR count). The van der Waals surface area contributed by atoms with Crippen molar-refractivity contribution in [2.24, 2.45) is 11.5 Å². The number of aliphatic carboxylic acids is 1. The van der Waals surface area contributed by atoms with E-state index in [1.807, 2.05) is 0 Å². The molecule has 0 aromatic carbocycles. The quantitative estimate of drug-likeness (QED) is 0.343. The van der Waals surface area contributed by atoms with Crippen LogP contribution in [0.5, 0.6) is 0 Å². The summed E-state index contributed by atoms with van der Waals surface area (Å²) in [5.74, 6) is -3.84. The van der Waals surface area contributed by atoms with Gasteiger partial charge in [0.15, 0.2) is 0 Å². The molecule has 0 bridgehead atoms. The highest BCUT2D eigenvalue weighted by Crippen LogP contribution is 2.05. The Morgan fingerprint density at radius 1 is 1.45 bits per heavy atom. The van der Waals surface area contributed by atoms with Crippen molar-refractivity contribution in [2.75, 3.05) is 6.54 Å². The van der Waals surface area contributed by atoms with Crippen LogP contribution in [-0.4, -0.2) is 61.7 Å². The van der Waals surface area contributed by atoms with Gasteiger partial charge in [0.25, 0.3) is 0 Å². The Hall–Kier alpha value is -2.30. The molecule has 10 heteroatoms. The lowest BCUT2D eigenvalue weighted by atomic mass is 10.1. The number of nitrogens with zero attached hydrogens (tertiary/aromatic N) is 2. The highest BCUT2D eigenvalue weighted by atomic mass is 16.4. The van der Waals surface area contributed by atoms with Gasteiger partial charge in [0.1, 0.15) is 0 Å². The number of aliphatic hydroxyl groups is 1. The van der Waals surface area contributed by atoms with Crippen molar-refractivity contribution >= 4 is 17.8 Å². The van der Waals surface area contributed by atoms with Crippen LogP contribution in [0.3, 0.4) is 0 Å². The van der Waals surface area contributed by atoms with Crippen LogP contribution in [0.25, 0.3) is 0 Å². The number of aromatic nitrogens is 2. The monoisotopic (exact) mass is 285 g/mol. The van der Waals surface area contributed by atoms with E-state index in [0.29, 0.717) is 5.69 Å². The molecule has 0 aliphatic carbocycles. The van der Waals surface area contributed by atoms with E-state index in [0.717, 1.165) is 0 Å². The van der Waals surface area contributed by atoms with Gasteiger partial charge in [-0.2, -0.15) is 0 Å². The first kappa shape index (κ1) is 15.8. The highest BCUT2D eigenvalue weighted by Gasteiger charge is 2.35. The van der Waals surface area contributed by atoms with Crippen molar-refractivity contribution in [3.63, 3.8) is 0 Å². The number of carboxylic acid groups (broad SMARTS) is 1. The molecule has 0 saturated carbocycles. The minimum absolute atomic E-state index is 0.0248. The van der Waals surface area contributed by atoms with Gasteiger partial charge in [0, 0.05) is 12.6 Å². The molecule has 2 amide bonds. The summed E-state index contributed by atoms with van der Waals surface area (Å²) >= 11 is 0. The third-order valence-corrected chi connectivity index (χ3v) is 2.45. The van der Waals surface area contributed by atoms with Gasteiger partial charge in [-0.25, -0.2) is 14.7 Å². The lowest BCUT2D eigenvalue weighted by Crippen LogP contribution is -2.56. The third-order valence-electron chi connectivity index (χ3n) is 2.45. The molecule has 7 N–H and O–H groups in total. The largest absolute Gasteiger partial charge is 0.478 e. The topological polar surface area (TPSA) is 176 Å². The average molecular weight is 285 g/mol. The Labute approximate surface area is 113 Å². The number of H-pyrrole nitrogens is 1. The summed E-state index contributed by atoms with van der Waals surface area (Å²) in [5, 5.41) is 18.1. The first-order valence-electron chi connectivity index (χ1n) is 5.58. The summed E-state index contributed by atoms with van der Waals surface area (Å²) in [7, 11) is 0. The molecule has 0 radical (unpaired) electrons. The zero-order valence-corrected chi connectivity index (χ0v) is 10.4. The van der Waals surface area contributed by atoms with Gasteiger partial charge in [0.2, 0.25) is 18.0 Å². The fraction of sp³-hybridized carbons (Fsp3) is 0.400. The molecule has 1 aromatic rings. The molecule has 0 saturated heterocycles. The van der Waals surface area contributed by atoms with E-state index in [4.69, 9.17) is 16.6 Å². The standard InChI is InChI=1S/C10H15N5O5/c11-2-7(16)15(9(18)10(19)20)8(17)6(12)1-5-3-13-4-14-5/h3-4,6,9,18H,1-2,11-12H2,(H,13,14)(H,19,20). The molecule has 0 aliphatic rings. The number of imidazole rings is 1. The van der Waals surface area contributed by atoms with Crippen molar-refractivity contribution in [2.45, 2.75) is 18.7 Å². The van der Waals surface area contributed by atoms with Gasteiger partial charge in [-0.15, -0.1) is 0 Å². The van der Waals surface area contributed by atoms with Crippen LogP contribution in [0.4, 0.5) is 0 Å². The van der Waals surface area contributed by atoms with Gasteiger partial charge < -0.3 is 26.7 Å². The fourth-order valence-corrected chi connectivity index (χ4v) is 1.48. The van der Waals surface area contributed by atoms with Crippen molar-refractivity contribution in [1.29, 1.82) is 0 Å². The molecule has 20 heavy (non-hydrogen) atoms. The highest BCUT2D eigenvalue weighted by molar-refractivity contribution is 6.01. The number of rotatable bonds is 6. The number of amides is 2. The van der Waals surface area contributed by atoms with E-state index in [-0.39, 0.29) is 11.3 Å². The summed E-state index contributed by atoms with van der Waals surface area (Å²) in [6.45, 7) is -0.634. The predicted octanol–water partition coefficient (Wildman–Crippen LogP) is -3.00. The van der Waals surface area contributed by atoms with E-state index in [9.17, 15) is 19.5 Å². The van der Waals surface area contributed by atoms with Crippen molar-refractivity contribution in [3.8, 4) is 0 Å². The van der Waals surface area contributed by atoms with Crippen LogP contribution in [0.1, 0.15) is 5.69 Å². The Kier molecular flexibility index (Phi) is 5.32. The van der Waals surface area contributed by atoms with Gasteiger partial charge in [-0.3, -0.25) is 9.59 Å². The van der Waals surface area contributed by atoms with Crippen LogP contribution in [-0.2, 0) is 20.8 Å². The molecule has 2 atom stereocenters. The van der Waals surface area contributed by atoms with E-state index in [2.05, 4.69) is 9.97 Å². The maximum atomic E-state index is 12.0. The lowest BCUT2D eigenvalue weighted by molar-refractivity contribution is -0.171. The minimum Gasteiger partial charge on any atom is -0.478 e. The molecule has 1 aromatic heterocycles. The zero-order valence-electron chi connectivity index (χ0n) is 10.4. The third kappa shape index (κ3) is 3.60. The summed E-state index contributed by atoms with van der Waals surface area (Å²) in [6, 6.07) is -1.23. The summed E-state index contributed by atoms with van der Waals surface area (Å²) in [5.41, 5.74) is 11.1. The second-order valence-corrected chi connectivity index (χ2v) is 3.89. The summed E-state index contributed by atoms with van der Waals surface area (Å²) in [6.07, 6.45) is 0.518. The van der Waals surface area contributed by atoms with Crippen molar-refractivity contribution < 1.29 is 24.6 Å². The van der Waals surface area contributed by atoms with Crippen LogP contribution < -0.4 is 11.5 Å². The first-order valence-corrected chi connectivity index (χ1v) is 5.58. The lowest BCUT2D eigenvalue weighted by Gasteiger charge is -2.25. The van der Waals surface area contributed by atoms with Crippen molar-refractivity contribution in [1.82, 2.24) is 14.9 Å². The number of hydrogen-bond acceptors (Lipinski definition) is 7. The van der Waals surface area contributed by atoms with Gasteiger partial charge in [0.05, 0.1) is 24.6 Å². The smallest absolute Gasteiger partial charge is 0.354 e. The molecule has 10 nitrogen and oxygen atoms in total. The Bertz CT molecular complexity index is 488. The van der Waals surface area contributed by atoms with Crippen LogP contribution in [0, 0.1) is 0 Å². The van der Waals surface area contributed by atoms with Gasteiger partial charge >= 0.3 is 5.97 Å². The minimum atomic E-state index is -2.33. The SMILES string of the molecule is NCC(=O)N(C(=O)C(N)Cc1c[nH]cn1)C(O)C(=O)O. The summed E-state index contributed by atoms with van der Waals surface area (Å²) in [4.78, 5) is 40.8. The maximum Gasteiger partial charge on any atom is 0.354 e. The second kappa shape index (κ2) is 6.75. The molecular weight excluding hydrogens is 270 g/mol. The number of hydrogen-bond donors (Lipinski definition) is 5. The van der Waals surface area contributed by atoms with Crippen molar-refractivity contribution in [3.05, 3.63) is 18.2 Å². The van der Waals surface area contributed by atoms with Crippen LogP contribution >= 0.6 is 0 Å². The molecule has 0 spiro atoms. The number of carbonyl (C=O) groups is 3. The zero-order chi connectivity index (χ0) is 15.3. The Morgan fingerprint density at radius 3 is 2.55 bits per heavy atom. The van der Waals surface area contributed by atoms with Crippen LogP contribution in [0.15, 0.2) is 12.5 Å². The van der Waals surface area contributed by atoms with E-state index < -0.39 is 36.6 Å². The van der Waals surface area contributed by atoms with E-state index in [1.165, 1.54) is 12.5 Å². The second-order valence-electron chi connectivity index (χ2n) is 3.89. The molecular formula is C10H15N5O5. The number of carbonyl (C=O) groups excluding carboxylic acids is 2. The van der Waals surface area contributed by atoms with Gasteiger partial charge in [-0.05, 0) is 0 Å². The predicted molar refractivity (Wildman–Crippen MR) is 64.8 cm³/mol. The number of carboxylic acids is 1. The molecule has 0 aliphatic heterocycles. The number of aliphatic hydroxyl groups excluding tert-OH is 1. The van der Waals surface area contributed by atoms with Crippen LogP contribution in [0.2, 0.25) is 0 Å². The number of aromatic amines is 1. The van der Waals surface area contributed by atoms with Gasteiger partial charge in [-0.1, -0.05) is 0 Å². The maximum absolute atomic E-state index is 12.0. The van der Waals surface area contributed by atoms with E-state index in [1.54, 1.807) is 0 Å². The number of imide groups is 1. The Balaban J connectivity index is 2.87. The number of nitrogens with one attached hydrogen (secondary N) is 1. The summed E-state index contributed by atoms with van der Waals surface area (Å²) < 4.78 is 0. The molecule has 2 unspecified atom stereocenters. The normalized spacial score (nSPS) is 13.6. The average Bonchev–Trinajstić information content (AvgIpc) is 2.90.